The van der Waals surface area contributed by atoms with Gasteiger partial charge >= 0.3 is 6.09 Å². The van der Waals surface area contributed by atoms with Crippen molar-refractivity contribution in [1.29, 1.82) is 0 Å². The third-order valence-corrected chi connectivity index (χ3v) is 6.51. The second-order valence-corrected chi connectivity index (χ2v) is 10.7. The number of amides is 1. The van der Waals surface area contributed by atoms with Crippen LogP contribution in [0.4, 0.5) is 10.6 Å². The number of piperazine rings is 1. The molecule has 4 rings (SSSR count). The molecule has 0 bridgehead atoms. The van der Waals surface area contributed by atoms with Crippen LogP contribution in [0.15, 0.2) is 42.5 Å². The van der Waals surface area contributed by atoms with E-state index in [9.17, 15) is 4.79 Å². The fourth-order valence-corrected chi connectivity index (χ4v) is 4.73. The van der Waals surface area contributed by atoms with Crippen LogP contribution in [0.25, 0.3) is 0 Å². The first-order valence-corrected chi connectivity index (χ1v) is 12.2. The highest BCUT2D eigenvalue weighted by atomic mass is 16.6. The smallest absolute Gasteiger partial charge is 0.410 e. The van der Waals surface area contributed by atoms with Gasteiger partial charge in [0.2, 0.25) is 0 Å². The molecule has 3 heterocycles. The summed E-state index contributed by atoms with van der Waals surface area (Å²) in [6.45, 7) is 16.1. The lowest BCUT2D eigenvalue weighted by Gasteiger charge is -2.38. The van der Waals surface area contributed by atoms with Crippen molar-refractivity contribution in [3.63, 3.8) is 0 Å². The van der Waals surface area contributed by atoms with Gasteiger partial charge in [0.1, 0.15) is 11.4 Å². The molecule has 0 spiro atoms. The van der Waals surface area contributed by atoms with Gasteiger partial charge in [-0.2, -0.15) is 0 Å². The highest BCUT2D eigenvalue weighted by Gasteiger charge is 2.31. The van der Waals surface area contributed by atoms with Crippen molar-refractivity contribution in [1.82, 2.24) is 14.8 Å². The maximum absolute atomic E-state index is 12.4. The number of aromatic nitrogens is 1. The molecule has 0 N–H and O–H groups in total. The summed E-state index contributed by atoms with van der Waals surface area (Å²) in [5.41, 5.74) is 3.48. The predicted octanol–water partition coefficient (Wildman–Crippen LogP) is 4.89. The molecule has 1 atom stereocenters. The molecule has 2 aliphatic heterocycles. The molecule has 0 radical (unpaired) electrons. The van der Waals surface area contributed by atoms with Crippen LogP contribution in [0.2, 0.25) is 0 Å². The Morgan fingerprint density at radius 2 is 1.76 bits per heavy atom. The standard InChI is InChI=1S/C27H38N4O2/c1-20(2)23-19-29(17-21-9-7-6-8-10-21)18-22-11-12-24(28-25(22)23)30-13-15-31(16-14-30)26(32)33-27(3,4)5/h6-12,20,23H,13-19H2,1-5H3. The minimum Gasteiger partial charge on any atom is -0.444 e. The van der Waals surface area contributed by atoms with Gasteiger partial charge in [-0.3, -0.25) is 4.90 Å². The largest absolute Gasteiger partial charge is 0.444 e. The number of ether oxygens (including phenoxy) is 1. The van der Waals surface area contributed by atoms with Crippen LogP contribution < -0.4 is 4.90 Å². The minimum absolute atomic E-state index is 0.223. The molecule has 2 aliphatic rings. The van der Waals surface area contributed by atoms with E-state index in [1.54, 1.807) is 4.90 Å². The zero-order chi connectivity index (χ0) is 23.6. The van der Waals surface area contributed by atoms with Gasteiger partial charge in [0, 0.05) is 51.7 Å². The van der Waals surface area contributed by atoms with Crippen LogP contribution in [-0.2, 0) is 17.8 Å². The molecule has 1 amide bonds. The minimum atomic E-state index is -0.464. The van der Waals surface area contributed by atoms with Crippen molar-refractivity contribution in [2.24, 2.45) is 5.92 Å². The number of carbonyl (C=O) groups excluding carboxylic acids is 1. The Morgan fingerprint density at radius 3 is 2.39 bits per heavy atom. The molecular formula is C27H38N4O2. The SMILES string of the molecule is CC(C)C1CN(Cc2ccccc2)Cc2ccc(N3CCN(C(=O)OC(C)(C)C)CC3)nc21. The van der Waals surface area contributed by atoms with E-state index in [1.165, 1.54) is 16.8 Å². The summed E-state index contributed by atoms with van der Waals surface area (Å²) < 4.78 is 5.53. The van der Waals surface area contributed by atoms with Crippen molar-refractivity contribution in [2.75, 3.05) is 37.6 Å². The van der Waals surface area contributed by atoms with E-state index in [4.69, 9.17) is 9.72 Å². The Balaban J connectivity index is 1.44. The molecule has 33 heavy (non-hydrogen) atoms. The molecule has 1 fully saturated rings. The lowest BCUT2D eigenvalue weighted by molar-refractivity contribution is 0.0240. The van der Waals surface area contributed by atoms with Gasteiger partial charge < -0.3 is 14.5 Å². The van der Waals surface area contributed by atoms with Crippen molar-refractivity contribution in [3.05, 3.63) is 59.3 Å². The van der Waals surface area contributed by atoms with Crippen molar-refractivity contribution < 1.29 is 9.53 Å². The number of rotatable bonds is 4. The highest BCUT2D eigenvalue weighted by Crippen LogP contribution is 2.34. The third kappa shape index (κ3) is 5.85. The van der Waals surface area contributed by atoms with Crippen LogP contribution in [-0.4, -0.2) is 59.2 Å². The van der Waals surface area contributed by atoms with E-state index >= 15 is 0 Å². The molecule has 2 aromatic rings. The maximum Gasteiger partial charge on any atom is 0.410 e. The summed E-state index contributed by atoms with van der Waals surface area (Å²) >= 11 is 0. The Hall–Kier alpha value is -2.60. The summed E-state index contributed by atoms with van der Waals surface area (Å²) in [4.78, 5) is 24.2. The van der Waals surface area contributed by atoms with Crippen molar-refractivity contribution in [2.45, 2.75) is 59.2 Å². The van der Waals surface area contributed by atoms with Gasteiger partial charge in [-0.15, -0.1) is 0 Å². The molecule has 6 heteroatoms. The molecule has 6 nitrogen and oxygen atoms in total. The first kappa shape index (κ1) is 23.6. The van der Waals surface area contributed by atoms with E-state index < -0.39 is 5.60 Å². The number of carbonyl (C=O) groups is 1. The summed E-state index contributed by atoms with van der Waals surface area (Å²) in [6.07, 6.45) is -0.223. The van der Waals surface area contributed by atoms with Crippen LogP contribution in [0.3, 0.4) is 0 Å². The molecule has 1 unspecified atom stereocenters. The zero-order valence-electron chi connectivity index (χ0n) is 20.8. The molecule has 178 valence electrons. The second kappa shape index (κ2) is 9.72. The van der Waals surface area contributed by atoms with Crippen molar-refractivity contribution in [3.8, 4) is 0 Å². The Bertz CT molecular complexity index is 946. The fraction of sp³-hybridized carbons (Fsp3) is 0.556. The molecule has 0 aliphatic carbocycles. The van der Waals surface area contributed by atoms with Crippen molar-refractivity contribution >= 4 is 11.9 Å². The predicted molar refractivity (Wildman–Crippen MR) is 132 cm³/mol. The molecule has 1 saturated heterocycles. The fourth-order valence-electron chi connectivity index (χ4n) is 4.73. The summed E-state index contributed by atoms with van der Waals surface area (Å²) in [7, 11) is 0. The van der Waals surface area contributed by atoms with Crippen LogP contribution in [0.5, 0.6) is 0 Å². The van der Waals surface area contributed by atoms with Crippen LogP contribution in [0.1, 0.15) is 57.4 Å². The van der Waals surface area contributed by atoms with Gasteiger partial charge in [0.15, 0.2) is 0 Å². The quantitative estimate of drug-likeness (QED) is 0.664. The van der Waals surface area contributed by atoms with Gasteiger partial charge in [-0.25, -0.2) is 9.78 Å². The molecule has 0 saturated carbocycles. The van der Waals surface area contributed by atoms with Gasteiger partial charge in [0.05, 0.1) is 5.69 Å². The van der Waals surface area contributed by atoms with E-state index in [0.29, 0.717) is 24.9 Å². The Labute approximate surface area is 198 Å². The van der Waals surface area contributed by atoms with Gasteiger partial charge in [-0.1, -0.05) is 50.2 Å². The lowest BCUT2D eigenvalue weighted by Crippen LogP contribution is -2.50. The van der Waals surface area contributed by atoms with Gasteiger partial charge in [-0.05, 0) is 43.9 Å². The summed E-state index contributed by atoms with van der Waals surface area (Å²) in [5.74, 6) is 1.97. The Morgan fingerprint density at radius 1 is 1.06 bits per heavy atom. The molecular weight excluding hydrogens is 412 g/mol. The number of fused-ring (bicyclic) bond motifs is 1. The molecule has 1 aromatic heterocycles. The van der Waals surface area contributed by atoms with E-state index in [2.05, 4.69) is 66.1 Å². The number of pyridine rings is 1. The average molecular weight is 451 g/mol. The average Bonchev–Trinajstić information content (AvgIpc) is 2.78. The monoisotopic (exact) mass is 450 g/mol. The summed E-state index contributed by atoms with van der Waals surface area (Å²) in [5, 5.41) is 0. The zero-order valence-corrected chi connectivity index (χ0v) is 20.8. The second-order valence-electron chi connectivity index (χ2n) is 10.7. The van der Waals surface area contributed by atoms with Crippen LogP contribution in [0, 0.1) is 5.92 Å². The van der Waals surface area contributed by atoms with Gasteiger partial charge in [0.25, 0.3) is 0 Å². The van der Waals surface area contributed by atoms with E-state index in [0.717, 1.165) is 38.5 Å². The molecule has 1 aromatic carbocycles. The normalized spacial score (nSPS) is 19.5. The van der Waals surface area contributed by atoms with Crippen LogP contribution >= 0.6 is 0 Å². The topological polar surface area (TPSA) is 48.9 Å². The Kier molecular flexibility index (Phi) is 6.94. The number of nitrogens with zero attached hydrogens (tertiary/aromatic N) is 4. The maximum atomic E-state index is 12.4. The van der Waals surface area contributed by atoms with E-state index in [1.807, 2.05) is 20.8 Å². The third-order valence-electron chi connectivity index (χ3n) is 6.51. The number of hydrogen-bond acceptors (Lipinski definition) is 5. The first-order chi connectivity index (χ1) is 15.7. The first-order valence-electron chi connectivity index (χ1n) is 12.2. The highest BCUT2D eigenvalue weighted by molar-refractivity contribution is 5.68. The number of anilines is 1. The summed E-state index contributed by atoms with van der Waals surface area (Å²) in [6, 6.07) is 15.1. The van der Waals surface area contributed by atoms with E-state index in [-0.39, 0.29) is 6.09 Å². The number of hydrogen-bond donors (Lipinski definition) is 0. The number of benzene rings is 1. The lowest BCUT2D eigenvalue weighted by atomic mass is 9.85.